The number of hydrogen-bond donors (Lipinski definition) is 0. The molecule has 0 heterocycles. The normalized spacial score (nSPS) is 15.1. The summed E-state index contributed by atoms with van der Waals surface area (Å²) < 4.78 is 0. The maximum absolute atomic E-state index is 9.13. The topological polar surface area (TPSA) is 23.8 Å². The van der Waals surface area contributed by atoms with Crippen molar-refractivity contribution in [3.05, 3.63) is 75.3 Å². The van der Waals surface area contributed by atoms with Gasteiger partial charge in [-0.25, -0.2) is 0 Å². The Morgan fingerprint density at radius 1 is 1.05 bits per heavy atom. The lowest BCUT2D eigenvalue weighted by atomic mass is 9.99. The van der Waals surface area contributed by atoms with E-state index in [-0.39, 0.29) is 0 Å². The second-order valence-corrected chi connectivity index (χ2v) is 6.03. The minimum Gasteiger partial charge on any atom is -0.198 e. The highest BCUT2D eigenvalue weighted by molar-refractivity contribution is 6.30. The number of halogens is 1. The summed E-state index contributed by atoms with van der Waals surface area (Å²) in [5.74, 6) is 0. The molecule has 0 radical (unpaired) electrons. The maximum atomic E-state index is 9.13. The summed E-state index contributed by atoms with van der Waals surface area (Å²) in [4.78, 5) is 0. The summed E-state index contributed by atoms with van der Waals surface area (Å²) >= 11 is 5.95. The van der Waals surface area contributed by atoms with Gasteiger partial charge in [0, 0.05) is 5.02 Å². The van der Waals surface area contributed by atoms with Crippen molar-refractivity contribution in [3.8, 4) is 6.07 Å². The molecule has 22 heavy (non-hydrogen) atoms. The van der Waals surface area contributed by atoms with Gasteiger partial charge >= 0.3 is 0 Å². The van der Waals surface area contributed by atoms with E-state index < -0.39 is 0 Å². The van der Waals surface area contributed by atoms with Crippen LogP contribution >= 0.6 is 11.6 Å². The first kappa shape index (κ1) is 14.6. The largest absolute Gasteiger partial charge is 0.198 e. The van der Waals surface area contributed by atoms with Crippen LogP contribution in [0.3, 0.4) is 0 Å². The Kier molecular flexibility index (Phi) is 3.88. The lowest BCUT2D eigenvalue weighted by Gasteiger charge is -2.05. The van der Waals surface area contributed by atoms with Gasteiger partial charge in [-0.15, -0.1) is 0 Å². The van der Waals surface area contributed by atoms with Crippen LogP contribution in [0.2, 0.25) is 5.02 Å². The van der Waals surface area contributed by atoms with Gasteiger partial charge < -0.3 is 0 Å². The Bertz CT molecular complexity index is 833. The van der Waals surface area contributed by atoms with Crippen LogP contribution in [0.25, 0.3) is 17.2 Å². The molecule has 0 amide bonds. The summed E-state index contributed by atoms with van der Waals surface area (Å²) in [7, 11) is 0. The molecule has 2 aromatic carbocycles. The van der Waals surface area contributed by atoms with Crippen molar-refractivity contribution in [2.45, 2.75) is 20.3 Å². The van der Waals surface area contributed by atoms with E-state index in [1.165, 1.54) is 27.8 Å². The lowest BCUT2D eigenvalue weighted by molar-refractivity contribution is 1.34. The summed E-state index contributed by atoms with van der Waals surface area (Å²) in [6.07, 6.45) is 2.62. The van der Waals surface area contributed by atoms with E-state index in [0.29, 0.717) is 6.42 Å². The third-order valence-electron chi connectivity index (χ3n) is 4.08. The molecular formula is C20H16ClN. The van der Waals surface area contributed by atoms with Gasteiger partial charge in [-0.3, -0.25) is 0 Å². The van der Waals surface area contributed by atoms with Crippen LogP contribution in [0.5, 0.6) is 0 Å². The average molecular weight is 306 g/mol. The Morgan fingerprint density at radius 3 is 2.45 bits per heavy atom. The van der Waals surface area contributed by atoms with E-state index in [4.69, 9.17) is 16.9 Å². The molecule has 0 N–H and O–H groups in total. The van der Waals surface area contributed by atoms with Crippen LogP contribution in [0.4, 0.5) is 0 Å². The quantitative estimate of drug-likeness (QED) is 0.678. The fraction of sp³-hybridized carbons (Fsp3) is 0.150. The molecule has 2 aromatic rings. The van der Waals surface area contributed by atoms with Crippen LogP contribution in [0, 0.1) is 18.3 Å². The minimum absolute atomic E-state index is 0.445. The highest BCUT2D eigenvalue weighted by Crippen LogP contribution is 2.43. The molecule has 0 spiro atoms. The Morgan fingerprint density at radius 2 is 1.77 bits per heavy atom. The lowest BCUT2D eigenvalue weighted by Crippen LogP contribution is -1.86. The van der Waals surface area contributed by atoms with E-state index in [1.54, 1.807) is 0 Å². The van der Waals surface area contributed by atoms with Gasteiger partial charge in [-0.2, -0.15) is 5.26 Å². The maximum Gasteiger partial charge on any atom is 0.0670 e. The average Bonchev–Trinajstić information content (AvgIpc) is 2.75. The fourth-order valence-electron chi connectivity index (χ4n) is 2.93. The van der Waals surface area contributed by atoms with E-state index in [2.05, 4.69) is 44.2 Å². The Balaban J connectivity index is 2.16. The molecule has 2 heteroatoms. The molecule has 108 valence electrons. The Labute approximate surface area is 136 Å². The van der Waals surface area contributed by atoms with Crippen molar-refractivity contribution in [1.82, 2.24) is 0 Å². The van der Waals surface area contributed by atoms with Gasteiger partial charge in [0.05, 0.1) is 12.5 Å². The monoisotopic (exact) mass is 305 g/mol. The molecule has 1 nitrogen and oxygen atoms in total. The highest BCUT2D eigenvalue weighted by Gasteiger charge is 2.23. The van der Waals surface area contributed by atoms with Crippen molar-refractivity contribution < 1.29 is 0 Å². The third kappa shape index (κ3) is 2.58. The third-order valence-corrected chi connectivity index (χ3v) is 4.34. The predicted octanol–water partition coefficient (Wildman–Crippen LogP) is 5.89. The molecule has 0 saturated heterocycles. The van der Waals surface area contributed by atoms with E-state index >= 15 is 0 Å². The van der Waals surface area contributed by atoms with Gasteiger partial charge in [0.2, 0.25) is 0 Å². The second kappa shape index (κ2) is 5.83. The van der Waals surface area contributed by atoms with Crippen molar-refractivity contribution in [3.63, 3.8) is 0 Å². The smallest absolute Gasteiger partial charge is 0.0670 e. The summed E-state index contributed by atoms with van der Waals surface area (Å²) in [5, 5.41) is 9.87. The number of rotatable bonds is 2. The van der Waals surface area contributed by atoms with Gasteiger partial charge in [0.15, 0.2) is 0 Å². The van der Waals surface area contributed by atoms with Crippen LogP contribution in [0.15, 0.2) is 48.0 Å². The first-order valence-electron chi connectivity index (χ1n) is 7.26. The summed E-state index contributed by atoms with van der Waals surface area (Å²) in [6, 6.07) is 16.6. The van der Waals surface area contributed by atoms with E-state index in [0.717, 1.165) is 16.2 Å². The number of fused-ring (bicyclic) bond motifs is 1. The van der Waals surface area contributed by atoms with Crippen molar-refractivity contribution in [2.24, 2.45) is 0 Å². The van der Waals surface area contributed by atoms with Gasteiger partial charge in [-0.05, 0) is 65.5 Å². The van der Waals surface area contributed by atoms with E-state index in [1.807, 2.05) is 24.3 Å². The summed E-state index contributed by atoms with van der Waals surface area (Å²) in [5.41, 5.74) is 8.27. The SMILES string of the molecule is CC1=C(CC#N)c2cc(C)ccc2C1=Cc1ccc(Cl)cc1. The molecule has 0 saturated carbocycles. The number of aryl methyl sites for hydroxylation is 1. The highest BCUT2D eigenvalue weighted by atomic mass is 35.5. The molecule has 0 fully saturated rings. The second-order valence-electron chi connectivity index (χ2n) is 5.60. The predicted molar refractivity (Wildman–Crippen MR) is 93.3 cm³/mol. The molecule has 3 rings (SSSR count). The number of allylic oxidation sites excluding steroid dienone is 3. The molecular weight excluding hydrogens is 290 g/mol. The van der Waals surface area contributed by atoms with Crippen LogP contribution in [0.1, 0.15) is 35.6 Å². The van der Waals surface area contributed by atoms with Crippen LogP contribution in [-0.4, -0.2) is 0 Å². The first-order valence-corrected chi connectivity index (χ1v) is 7.63. The summed E-state index contributed by atoms with van der Waals surface area (Å²) in [6.45, 7) is 4.18. The zero-order valence-electron chi connectivity index (χ0n) is 12.7. The molecule has 1 aliphatic carbocycles. The minimum atomic E-state index is 0.445. The molecule has 0 bridgehead atoms. The molecule has 0 aromatic heterocycles. The van der Waals surface area contributed by atoms with Crippen molar-refractivity contribution >= 4 is 28.8 Å². The zero-order chi connectivity index (χ0) is 15.7. The molecule has 1 aliphatic rings. The number of benzene rings is 2. The first-order chi connectivity index (χ1) is 10.6. The zero-order valence-corrected chi connectivity index (χ0v) is 13.4. The standard InChI is InChI=1S/C20H16ClN/c1-13-3-8-18-19(12-15-4-6-16(21)7-5-15)14(2)17(9-10-22)20(18)11-13/h3-8,11-12H,9H2,1-2H3. The molecule has 0 aliphatic heterocycles. The van der Waals surface area contributed by atoms with Crippen molar-refractivity contribution in [2.75, 3.05) is 0 Å². The van der Waals surface area contributed by atoms with Crippen molar-refractivity contribution in [1.29, 1.82) is 5.26 Å². The number of nitrogens with zero attached hydrogens (tertiary/aromatic N) is 1. The van der Waals surface area contributed by atoms with Crippen LogP contribution in [-0.2, 0) is 0 Å². The number of hydrogen-bond acceptors (Lipinski definition) is 1. The van der Waals surface area contributed by atoms with Gasteiger partial charge in [0.1, 0.15) is 0 Å². The fourth-order valence-corrected chi connectivity index (χ4v) is 3.05. The van der Waals surface area contributed by atoms with Gasteiger partial charge in [0.25, 0.3) is 0 Å². The Hall–Kier alpha value is -2.30. The van der Waals surface area contributed by atoms with E-state index in [9.17, 15) is 0 Å². The van der Waals surface area contributed by atoms with Crippen LogP contribution < -0.4 is 0 Å². The molecule has 0 atom stereocenters. The van der Waals surface area contributed by atoms with Gasteiger partial charge in [-0.1, -0.05) is 47.5 Å². The number of nitriles is 1. The molecule has 0 unspecified atom stereocenters.